The predicted octanol–water partition coefficient (Wildman–Crippen LogP) is 0.0783. The summed E-state index contributed by atoms with van der Waals surface area (Å²) in [5.41, 5.74) is 0.572. The molecule has 0 aliphatic carbocycles. The first-order chi connectivity index (χ1) is 11.6. The summed E-state index contributed by atoms with van der Waals surface area (Å²) in [5, 5.41) is 22.5. The van der Waals surface area contributed by atoms with E-state index in [0.29, 0.717) is 5.56 Å². The van der Waals surface area contributed by atoms with Gasteiger partial charge in [0.2, 0.25) is 0 Å². The Morgan fingerprint density at radius 1 is 1.16 bits per heavy atom. The molecule has 1 atom stereocenters. The van der Waals surface area contributed by atoms with Gasteiger partial charge in [-0.15, -0.1) is 0 Å². The molecular formula is C13H16N2O9S. The maximum atomic E-state index is 11.6. The molecule has 0 amide bonds. The van der Waals surface area contributed by atoms with Crippen LogP contribution in [0.1, 0.15) is 18.4 Å². The lowest BCUT2D eigenvalue weighted by Crippen LogP contribution is -2.49. The largest absolute Gasteiger partial charge is 0.529 e. The number of aliphatic carboxylic acids is 2. The number of ether oxygens (including phenoxy) is 1. The molecular weight excluding hydrogens is 360 g/mol. The third-order valence-electron chi connectivity index (χ3n) is 2.79. The van der Waals surface area contributed by atoms with Gasteiger partial charge in [-0.2, -0.15) is 8.42 Å². The standard InChI is InChI=1S/C13H16N2O9S/c14-25(21,22)15(10(12(18)19)6-7-11(16)17)24-13(20)23-8-9-4-2-1-3-5-9/h1-5,10H,6-8H2,(H,16,17)(H,18,19)(H2,14,21,22). The minimum atomic E-state index is -4.80. The van der Waals surface area contributed by atoms with E-state index in [1.54, 1.807) is 30.3 Å². The predicted molar refractivity (Wildman–Crippen MR) is 81.0 cm³/mol. The van der Waals surface area contributed by atoms with Gasteiger partial charge in [-0.25, -0.2) is 9.93 Å². The number of nitrogens with zero attached hydrogens (tertiary/aromatic N) is 1. The molecule has 0 heterocycles. The van der Waals surface area contributed by atoms with Gasteiger partial charge >= 0.3 is 28.3 Å². The topological polar surface area (TPSA) is 174 Å². The second kappa shape index (κ2) is 8.96. The molecule has 0 aliphatic heterocycles. The summed E-state index contributed by atoms with van der Waals surface area (Å²) in [6.45, 7) is -0.259. The number of carbonyl (C=O) groups excluding carboxylic acids is 1. The number of carboxylic acids is 2. The fourth-order valence-corrected chi connectivity index (χ4v) is 2.40. The molecule has 0 radical (unpaired) electrons. The lowest BCUT2D eigenvalue weighted by molar-refractivity contribution is -0.156. The quantitative estimate of drug-likeness (QED) is 0.398. The van der Waals surface area contributed by atoms with E-state index < -0.39 is 47.2 Å². The maximum Gasteiger partial charge on any atom is 0.529 e. The minimum Gasteiger partial charge on any atom is -0.481 e. The minimum absolute atomic E-state index is 0.259. The molecule has 4 N–H and O–H groups in total. The van der Waals surface area contributed by atoms with Crippen molar-refractivity contribution in [2.45, 2.75) is 25.5 Å². The van der Waals surface area contributed by atoms with Crippen LogP contribution in [0.5, 0.6) is 0 Å². The first-order valence-corrected chi connectivity index (χ1v) is 8.27. The molecule has 0 aliphatic rings. The number of carboxylic acid groups (broad SMARTS) is 2. The molecule has 1 aromatic carbocycles. The van der Waals surface area contributed by atoms with Crippen LogP contribution in [-0.4, -0.2) is 47.2 Å². The Hall–Kier alpha value is -2.70. The number of nitrogens with two attached hydrogens (primary N) is 1. The monoisotopic (exact) mass is 376 g/mol. The highest BCUT2D eigenvalue weighted by Crippen LogP contribution is 2.13. The van der Waals surface area contributed by atoms with Gasteiger partial charge in [-0.1, -0.05) is 30.3 Å². The summed E-state index contributed by atoms with van der Waals surface area (Å²) < 4.78 is 27.4. The lowest BCUT2D eigenvalue weighted by Gasteiger charge is -2.23. The number of carbonyl (C=O) groups is 3. The highest BCUT2D eigenvalue weighted by Gasteiger charge is 2.37. The third kappa shape index (κ3) is 7.15. The second-order valence-electron chi connectivity index (χ2n) is 4.70. The highest BCUT2D eigenvalue weighted by atomic mass is 32.2. The maximum absolute atomic E-state index is 11.6. The zero-order valence-corrected chi connectivity index (χ0v) is 13.6. The van der Waals surface area contributed by atoms with Crippen LogP contribution >= 0.6 is 0 Å². The summed E-state index contributed by atoms with van der Waals surface area (Å²) in [4.78, 5) is 37.7. The molecule has 12 heteroatoms. The van der Waals surface area contributed by atoms with Crippen LogP contribution in [0.3, 0.4) is 0 Å². The van der Waals surface area contributed by atoms with E-state index in [0.717, 1.165) is 0 Å². The van der Waals surface area contributed by atoms with Crippen molar-refractivity contribution in [2.75, 3.05) is 0 Å². The Balaban J connectivity index is 2.81. The molecule has 0 saturated carbocycles. The van der Waals surface area contributed by atoms with E-state index >= 15 is 0 Å². The van der Waals surface area contributed by atoms with Crippen LogP contribution in [0.15, 0.2) is 30.3 Å². The molecule has 0 fully saturated rings. The van der Waals surface area contributed by atoms with Crippen molar-refractivity contribution >= 4 is 28.3 Å². The summed E-state index contributed by atoms with van der Waals surface area (Å²) >= 11 is 0. The average molecular weight is 376 g/mol. The van der Waals surface area contributed by atoms with Crippen molar-refractivity contribution in [1.82, 2.24) is 4.47 Å². The van der Waals surface area contributed by atoms with E-state index in [-0.39, 0.29) is 11.1 Å². The molecule has 0 spiro atoms. The molecule has 25 heavy (non-hydrogen) atoms. The van der Waals surface area contributed by atoms with Crippen LogP contribution in [0.25, 0.3) is 0 Å². The molecule has 1 aromatic rings. The Kier molecular flexibility index (Phi) is 7.29. The summed E-state index contributed by atoms with van der Waals surface area (Å²) in [6.07, 6.45) is -2.88. The number of hydrogen-bond acceptors (Lipinski definition) is 7. The van der Waals surface area contributed by atoms with Crippen LogP contribution in [-0.2, 0) is 36.0 Å². The van der Waals surface area contributed by atoms with E-state index in [2.05, 4.69) is 9.57 Å². The number of hydroxylamine groups is 1. The van der Waals surface area contributed by atoms with Crippen molar-refractivity contribution in [2.24, 2.45) is 5.14 Å². The number of rotatable bonds is 9. The van der Waals surface area contributed by atoms with Crippen LogP contribution < -0.4 is 5.14 Å². The average Bonchev–Trinajstić information content (AvgIpc) is 2.51. The smallest absolute Gasteiger partial charge is 0.481 e. The van der Waals surface area contributed by atoms with Gasteiger partial charge in [-0.3, -0.25) is 9.59 Å². The highest BCUT2D eigenvalue weighted by molar-refractivity contribution is 7.86. The van der Waals surface area contributed by atoms with Gasteiger partial charge < -0.3 is 19.8 Å². The first-order valence-electron chi connectivity index (χ1n) is 6.76. The van der Waals surface area contributed by atoms with Gasteiger partial charge in [0.15, 0.2) is 6.04 Å². The SMILES string of the molecule is NS(=O)(=O)N(OC(=O)OCc1ccccc1)C(CCC(=O)O)C(=O)O. The summed E-state index contributed by atoms with van der Waals surface area (Å²) in [6, 6.07) is 6.30. The molecule has 0 bridgehead atoms. The second-order valence-corrected chi connectivity index (χ2v) is 6.09. The Morgan fingerprint density at radius 2 is 1.76 bits per heavy atom. The van der Waals surface area contributed by atoms with E-state index in [4.69, 9.17) is 15.4 Å². The Bertz CT molecular complexity index is 720. The van der Waals surface area contributed by atoms with Gasteiger partial charge in [0.25, 0.3) is 0 Å². The zero-order valence-electron chi connectivity index (χ0n) is 12.8. The number of hydrogen-bond donors (Lipinski definition) is 3. The lowest BCUT2D eigenvalue weighted by atomic mass is 10.2. The molecule has 0 saturated heterocycles. The molecule has 11 nitrogen and oxygen atoms in total. The van der Waals surface area contributed by atoms with Gasteiger partial charge in [0.1, 0.15) is 6.61 Å². The third-order valence-corrected chi connectivity index (χ3v) is 3.62. The fraction of sp³-hybridized carbons (Fsp3) is 0.308. The van der Waals surface area contributed by atoms with Crippen molar-refractivity contribution in [1.29, 1.82) is 0 Å². The van der Waals surface area contributed by atoms with Crippen molar-refractivity contribution in [3.05, 3.63) is 35.9 Å². The van der Waals surface area contributed by atoms with Gasteiger partial charge in [0, 0.05) is 6.42 Å². The molecule has 1 rings (SSSR count). The molecule has 138 valence electrons. The fourth-order valence-electron chi connectivity index (χ4n) is 1.69. The van der Waals surface area contributed by atoms with Crippen LogP contribution in [0.2, 0.25) is 0 Å². The van der Waals surface area contributed by atoms with Crippen LogP contribution in [0.4, 0.5) is 4.79 Å². The summed E-state index contributed by atoms with van der Waals surface area (Å²) in [5.74, 6) is -3.11. The normalized spacial score (nSPS) is 12.4. The van der Waals surface area contributed by atoms with Gasteiger partial charge in [-0.05, 0) is 16.5 Å². The van der Waals surface area contributed by atoms with Crippen LogP contribution in [0, 0.1) is 0 Å². The van der Waals surface area contributed by atoms with Gasteiger partial charge in [0.05, 0.1) is 0 Å². The van der Waals surface area contributed by atoms with Crippen molar-refractivity contribution < 1.29 is 42.6 Å². The van der Waals surface area contributed by atoms with E-state index in [1.807, 2.05) is 0 Å². The Labute approximate surface area is 142 Å². The zero-order chi connectivity index (χ0) is 19.0. The summed E-state index contributed by atoms with van der Waals surface area (Å²) in [7, 11) is -4.80. The number of benzene rings is 1. The van der Waals surface area contributed by atoms with E-state index in [1.165, 1.54) is 0 Å². The van der Waals surface area contributed by atoms with Crippen molar-refractivity contribution in [3.8, 4) is 0 Å². The Morgan fingerprint density at radius 3 is 2.24 bits per heavy atom. The van der Waals surface area contributed by atoms with Crippen molar-refractivity contribution in [3.63, 3.8) is 0 Å². The van der Waals surface area contributed by atoms with E-state index in [9.17, 15) is 22.8 Å². The first kappa shape index (κ1) is 20.3. The molecule has 0 aromatic heterocycles. The molecule has 1 unspecified atom stereocenters.